The molecule has 0 radical (unpaired) electrons. The van der Waals surface area contributed by atoms with E-state index in [4.69, 9.17) is 4.74 Å². The van der Waals surface area contributed by atoms with Crippen molar-refractivity contribution in [3.05, 3.63) is 54.2 Å². The maximum Gasteiger partial charge on any atom is 0.142 e. The number of methoxy groups -OCH3 is 1. The summed E-state index contributed by atoms with van der Waals surface area (Å²) < 4.78 is 5.49. The first kappa shape index (κ1) is 15.0. The number of ether oxygens (including phenoxy) is 1. The fraction of sp³-hybridized carbons (Fsp3) is 0.316. The summed E-state index contributed by atoms with van der Waals surface area (Å²) in [5.41, 5.74) is 3.66. The zero-order chi connectivity index (χ0) is 16.4. The van der Waals surface area contributed by atoms with Crippen molar-refractivity contribution in [3.8, 4) is 5.75 Å². The molecule has 2 heterocycles. The summed E-state index contributed by atoms with van der Waals surface area (Å²) >= 11 is 0. The van der Waals surface area contributed by atoms with Gasteiger partial charge in [-0.15, -0.1) is 0 Å². The van der Waals surface area contributed by atoms with E-state index in [9.17, 15) is 0 Å². The predicted molar refractivity (Wildman–Crippen MR) is 96.6 cm³/mol. The van der Waals surface area contributed by atoms with E-state index in [1.807, 2.05) is 18.3 Å². The molecule has 124 valence electrons. The van der Waals surface area contributed by atoms with Gasteiger partial charge in [0.05, 0.1) is 24.5 Å². The van der Waals surface area contributed by atoms with Crippen LogP contribution in [0.1, 0.15) is 5.56 Å². The number of anilines is 1. The molecule has 1 fully saturated rings. The van der Waals surface area contributed by atoms with Crippen molar-refractivity contribution < 1.29 is 4.74 Å². The number of hydrogen-bond donors (Lipinski definition) is 1. The highest BCUT2D eigenvalue weighted by Crippen LogP contribution is 2.28. The van der Waals surface area contributed by atoms with Crippen LogP contribution in [0.3, 0.4) is 0 Å². The number of fused-ring (bicyclic) bond motifs is 1. The largest absolute Gasteiger partial charge is 0.495 e. The molecule has 5 nitrogen and oxygen atoms in total. The first-order valence-electron chi connectivity index (χ1n) is 8.36. The van der Waals surface area contributed by atoms with Crippen molar-refractivity contribution in [1.82, 2.24) is 15.1 Å². The van der Waals surface area contributed by atoms with Gasteiger partial charge in [0.15, 0.2) is 0 Å². The van der Waals surface area contributed by atoms with Gasteiger partial charge in [-0.2, -0.15) is 5.10 Å². The lowest BCUT2D eigenvalue weighted by atomic mass is 10.1. The third-order valence-electron chi connectivity index (χ3n) is 4.76. The minimum atomic E-state index is 0.952. The van der Waals surface area contributed by atoms with Crippen LogP contribution < -0.4 is 9.64 Å². The van der Waals surface area contributed by atoms with E-state index >= 15 is 0 Å². The summed E-state index contributed by atoms with van der Waals surface area (Å²) in [4.78, 5) is 4.91. The van der Waals surface area contributed by atoms with Crippen molar-refractivity contribution >= 4 is 16.6 Å². The molecule has 0 spiro atoms. The molecule has 1 aromatic heterocycles. The Morgan fingerprint density at radius 2 is 1.88 bits per heavy atom. The number of nitrogens with one attached hydrogen (secondary N) is 1. The molecule has 0 aliphatic carbocycles. The molecule has 0 amide bonds. The average Bonchev–Trinajstić information content (AvgIpc) is 3.12. The topological polar surface area (TPSA) is 44.4 Å². The number of nitrogens with zero attached hydrogens (tertiary/aromatic N) is 3. The Morgan fingerprint density at radius 3 is 2.71 bits per heavy atom. The Hall–Kier alpha value is -2.53. The van der Waals surface area contributed by atoms with Crippen LogP contribution in [-0.2, 0) is 6.54 Å². The number of piperazine rings is 1. The highest BCUT2D eigenvalue weighted by Gasteiger charge is 2.20. The van der Waals surface area contributed by atoms with Gasteiger partial charge in [0, 0.05) is 38.1 Å². The van der Waals surface area contributed by atoms with Crippen LogP contribution in [0.2, 0.25) is 0 Å². The number of rotatable bonds is 4. The van der Waals surface area contributed by atoms with Gasteiger partial charge in [0.1, 0.15) is 5.75 Å². The van der Waals surface area contributed by atoms with Crippen molar-refractivity contribution in [1.29, 1.82) is 0 Å². The lowest BCUT2D eigenvalue weighted by Crippen LogP contribution is -2.46. The Kier molecular flexibility index (Phi) is 4.09. The summed E-state index contributed by atoms with van der Waals surface area (Å²) in [7, 11) is 1.74. The van der Waals surface area contributed by atoms with Crippen LogP contribution in [0, 0.1) is 0 Å². The SMILES string of the molecule is COc1ccccc1N1CCN(Cc2cccc3cn[nH]c23)CC1. The van der Waals surface area contributed by atoms with E-state index in [1.54, 1.807) is 7.11 Å². The average molecular weight is 322 g/mol. The molecule has 0 bridgehead atoms. The Labute approximate surface area is 141 Å². The first-order chi connectivity index (χ1) is 11.8. The lowest BCUT2D eigenvalue weighted by Gasteiger charge is -2.36. The van der Waals surface area contributed by atoms with E-state index in [0.717, 1.165) is 44.0 Å². The molecule has 24 heavy (non-hydrogen) atoms. The van der Waals surface area contributed by atoms with Gasteiger partial charge in [0.2, 0.25) is 0 Å². The lowest BCUT2D eigenvalue weighted by molar-refractivity contribution is 0.250. The fourth-order valence-corrected chi connectivity index (χ4v) is 3.44. The van der Waals surface area contributed by atoms with Crippen LogP contribution >= 0.6 is 0 Å². The normalized spacial score (nSPS) is 15.8. The molecule has 0 saturated carbocycles. The monoisotopic (exact) mass is 322 g/mol. The maximum atomic E-state index is 5.49. The summed E-state index contributed by atoms with van der Waals surface area (Å²) in [6.45, 7) is 5.07. The third kappa shape index (κ3) is 2.83. The highest BCUT2D eigenvalue weighted by molar-refractivity contribution is 5.81. The summed E-state index contributed by atoms with van der Waals surface area (Å²) in [6.07, 6.45) is 1.89. The van der Waals surface area contributed by atoms with Crippen molar-refractivity contribution in [2.75, 3.05) is 38.2 Å². The molecule has 1 aliphatic heterocycles. The molecule has 0 unspecified atom stereocenters. The first-order valence-corrected chi connectivity index (χ1v) is 8.36. The minimum absolute atomic E-state index is 0.952. The van der Waals surface area contributed by atoms with Crippen LogP contribution in [0.5, 0.6) is 5.75 Å². The molecule has 4 rings (SSSR count). The number of para-hydroxylation sites is 3. The van der Waals surface area contributed by atoms with E-state index in [0.29, 0.717) is 0 Å². The Bertz CT molecular complexity index is 821. The predicted octanol–water partition coefficient (Wildman–Crippen LogP) is 2.89. The van der Waals surface area contributed by atoms with Crippen molar-refractivity contribution in [2.45, 2.75) is 6.54 Å². The van der Waals surface area contributed by atoms with Gasteiger partial charge in [-0.05, 0) is 17.7 Å². The fourth-order valence-electron chi connectivity index (χ4n) is 3.44. The van der Waals surface area contributed by atoms with Gasteiger partial charge in [0.25, 0.3) is 0 Å². The molecule has 5 heteroatoms. The van der Waals surface area contributed by atoms with Gasteiger partial charge in [-0.3, -0.25) is 10.00 Å². The van der Waals surface area contributed by atoms with Gasteiger partial charge in [-0.1, -0.05) is 30.3 Å². The van der Waals surface area contributed by atoms with Gasteiger partial charge >= 0.3 is 0 Å². The number of aromatic amines is 1. The molecular formula is C19H22N4O. The molecular weight excluding hydrogens is 300 g/mol. The van der Waals surface area contributed by atoms with Crippen LogP contribution in [0.15, 0.2) is 48.7 Å². The molecule has 3 aromatic rings. The molecule has 0 atom stereocenters. The zero-order valence-corrected chi connectivity index (χ0v) is 13.9. The van der Waals surface area contributed by atoms with Crippen LogP contribution in [0.4, 0.5) is 5.69 Å². The Balaban J connectivity index is 1.44. The Morgan fingerprint density at radius 1 is 1.04 bits per heavy atom. The van der Waals surface area contributed by atoms with Crippen LogP contribution in [-0.4, -0.2) is 48.4 Å². The second kappa shape index (κ2) is 6.53. The molecule has 1 aliphatic rings. The van der Waals surface area contributed by atoms with Crippen molar-refractivity contribution in [2.24, 2.45) is 0 Å². The van der Waals surface area contributed by atoms with Gasteiger partial charge < -0.3 is 9.64 Å². The maximum absolute atomic E-state index is 5.49. The third-order valence-corrected chi connectivity index (χ3v) is 4.76. The second-order valence-electron chi connectivity index (χ2n) is 6.19. The number of benzene rings is 2. The van der Waals surface area contributed by atoms with E-state index in [1.165, 1.54) is 16.6 Å². The summed E-state index contributed by atoms with van der Waals surface area (Å²) in [5, 5.41) is 8.46. The smallest absolute Gasteiger partial charge is 0.142 e. The van der Waals surface area contributed by atoms with E-state index in [-0.39, 0.29) is 0 Å². The molecule has 1 saturated heterocycles. The molecule has 1 N–H and O–H groups in total. The summed E-state index contributed by atoms with van der Waals surface area (Å²) in [6, 6.07) is 14.7. The molecule has 2 aromatic carbocycles. The number of aromatic nitrogens is 2. The minimum Gasteiger partial charge on any atom is -0.495 e. The van der Waals surface area contributed by atoms with E-state index < -0.39 is 0 Å². The van der Waals surface area contributed by atoms with Crippen LogP contribution in [0.25, 0.3) is 10.9 Å². The zero-order valence-electron chi connectivity index (χ0n) is 13.9. The number of H-pyrrole nitrogens is 1. The highest BCUT2D eigenvalue weighted by atomic mass is 16.5. The quantitative estimate of drug-likeness (QED) is 0.802. The van der Waals surface area contributed by atoms with Gasteiger partial charge in [-0.25, -0.2) is 0 Å². The second-order valence-corrected chi connectivity index (χ2v) is 6.19. The van der Waals surface area contributed by atoms with E-state index in [2.05, 4.69) is 50.3 Å². The van der Waals surface area contributed by atoms with Crippen molar-refractivity contribution in [3.63, 3.8) is 0 Å². The summed E-state index contributed by atoms with van der Waals surface area (Å²) in [5.74, 6) is 0.952. The standard InChI is InChI=1S/C19H22N4O/c1-24-18-8-3-2-7-17(18)23-11-9-22(10-12-23)14-16-6-4-5-15-13-20-21-19(15)16/h2-8,13H,9-12,14H2,1H3,(H,20,21). The number of hydrogen-bond acceptors (Lipinski definition) is 4.